The highest BCUT2D eigenvalue weighted by atomic mass is 32.2. The lowest BCUT2D eigenvalue weighted by Crippen LogP contribution is -2.20. The zero-order valence-electron chi connectivity index (χ0n) is 19.4. The van der Waals surface area contributed by atoms with Gasteiger partial charge in [-0.15, -0.1) is 0 Å². The van der Waals surface area contributed by atoms with Gasteiger partial charge in [0.25, 0.3) is 10.1 Å². The molecule has 5 heteroatoms. The highest BCUT2D eigenvalue weighted by Crippen LogP contribution is 2.19. The van der Waals surface area contributed by atoms with Crippen molar-refractivity contribution in [3.8, 4) is 0 Å². The summed E-state index contributed by atoms with van der Waals surface area (Å²) in [5.74, 6) is 0. The molecule has 2 unspecified atom stereocenters. The van der Waals surface area contributed by atoms with Crippen LogP contribution in [0.5, 0.6) is 0 Å². The molecule has 0 heterocycles. The van der Waals surface area contributed by atoms with Crippen molar-refractivity contribution in [2.24, 2.45) is 0 Å². The van der Waals surface area contributed by atoms with E-state index < -0.39 is 15.4 Å². The van der Waals surface area contributed by atoms with Gasteiger partial charge in [-0.25, -0.2) is 0 Å². The first-order valence-electron chi connectivity index (χ1n) is 12.6. The van der Waals surface area contributed by atoms with E-state index >= 15 is 0 Å². The number of rotatable bonds is 22. The van der Waals surface area contributed by atoms with Crippen LogP contribution in [0.2, 0.25) is 0 Å². The van der Waals surface area contributed by atoms with Crippen molar-refractivity contribution in [3.63, 3.8) is 0 Å². The molecule has 0 bridgehead atoms. The molecule has 0 saturated carbocycles. The molecule has 0 aliphatic rings. The van der Waals surface area contributed by atoms with Crippen molar-refractivity contribution in [3.05, 3.63) is 0 Å². The molecule has 0 aromatic rings. The van der Waals surface area contributed by atoms with Crippen LogP contribution >= 0.6 is 0 Å². The molecule has 29 heavy (non-hydrogen) atoms. The van der Waals surface area contributed by atoms with Gasteiger partial charge in [0.2, 0.25) is 0 Å². The molecule has 0 fully saturated rings. The SMILES string of the molecule is CCCCCCC(CCCCCCCCCCCCC(O)CCCC)S(=O)(=O)O. The Morgan fingerprint density at radius 1 is 0.552 bits per heavy atom. The first-order chi connectivity index (χ1) is 13.9. The second-order valence-corrected chi connectivity index (χ2v) is 10.6. The smallest absolute Gasteiger partial charge is 0.267 e. The molecule has 0 spiro atoms. The van der Waals surface area contributed by atoms with Gasteiger partial charge in [-0.3, -0.25) is 4.55 Å². The number of aliphatic hydroxyl groups is 1. The van der Waals surface area contributed by atoms with E-state index in [9.17, 15) is 18.1 Å². The molecule has 0 aliphatic carbocycles. The fourth-order valence-electron chi connectivity index (χ4n) is 3.99. The van der Waals surface area contributed by atoms with E-state index in [0.29, 0.717) is 12.8 Å². The van der Waals surface area contributed by atoms with E-state index in [0.717, 1.165) is 77.0 Å². The normalized spacial score (nSPS) is 14.2. The van der Waals surface area contributed by atoms with Crippen molar-refractivity contribution in [1.82, 2.24) is 0 Å². The van der Waals surface area contributed by atoms with Gasteiger partial charge in [0.05, 0.1) is 11.4 Å². The quantitative estimate of drug-likeness (QED) is 0.137. The van der Waals surface area contributed by atoms with Crippen LogP contribution in [0.15, 0.2) is 0 Å². The van der Waals surface area contributed by atoms with E-state index in [4.69, 9.17) is 0 Å². The maximum Gasteiger partial charge on any atom is 0.267 e. The molecular formula is C24H50O4S. The molecular weight excluding hydrogens is 384 g/mol. The molecule has 2 atom stereocenters. The molecule has 0 aromatic heterocycles. The number of hydrogen-bond donors (Lipinski definition) is 2. The van der Waals surface area contributed by atoms with Crippen molar-refractivity contribution in [2.45, 2.75) is 154 Å². The summed E-state index contributed by atoms with van der Waals surface area (Å²) in [4.78, 5) is 0. The van der Waals surface area contributed by atoms with Gasteiger partial charge >= 0.3 is 0 Å². The fourth-order valence-corrected chi connectivity index (χ4v) is 4.92. The minimum Gasteiger partial charge on any atom is -0.393 e. The highest BCUT2D eigenvalue weighted by molar-refractivity contribution is 7.86. The van der Waals surface area contributed by atoms with Crippen LogP contribution in [-0.2, 0) is 10.1 Å². The van der Waals surface area contributed by atoms with Gasteiger partial charge in [0.15, 0.2) is 0 Å². The Balaban J connectivity index is 3.52. The van der Waals surface area contributed by atoms with Crippen molar-refractivity contribution >= 4 is 10.1 Å². The summed E-state index contributed by atoms with van der Waals surface area (Å²) in [6.45, 7) is 4.31. The second-order valence-electron chi connectivity index (χ2n) is 8.90. The largest absolute Gasteiger partial charge is 0.393 e. The molecule has 0 rings (SSSR count). The molecule has 4 nitrogen and oxygen atoms in total. The monoisotopic (exact) mass is 434 g/mol. The minimum atomic E-state index is -3.89. The maximum absolute atomic E-state index is 11.5. The van der Waals surface area contributed by atoms with Crippen LogP contribution in [-0.4, -0.2) is 29.4 Å². The first kappa shape index (κ1) is 28.9. The Morgan fingerprint density at radius 2 is 0.897 bits per heavy atom. The summed E-state index contributed by atoms with van der Waals surface area (Å²) in [7, 11) is -3.89. The van der Waals surface area contributed by atoms with E-state index in [2.05, 4.69) is 13.8 Å². The standard InChI is InChI=1S/C24H50O4S/c1-3-5-7-17-21-24(29(26,27)28)22-18-15-13-11-9-8-10-12-14-16-20-23(25)19-6-4-2/h23-25H,3-22H2,1-2H3,(H,26,27,28). The predicted octanol–water partition coefficient (Wildman–Crippen LogP) is 7.45. The molecule has 0 saturated heterocycles. The Bertz CT molecular complexity index is 436. The van der Waals surface area contributed by atoms with Crippen molar-refractivity contribution in [1.29, 1.82) is 0 Å². The van der Waals surface area contributed by atoms with E-state index in [-0.39, 0.29) is 6.10 Å². The molecule has 0 aromatic carbocycles. The number of unbranched alkanes of at least 4 members (excludes halogenated alkanes) is 13. The topological polar surface area (TPSA) is 74.6 Å². The van der Waals surface area contributed by atoms with Crippen molar-refractivity contribution < 1.29 is 18.1 Å². The van der Waals surface area contributed by atoms with Gasteiger partial charge in [-0.1, -0.05) is 117 Å². The average molecular weight is 435 g/mol. The summed E-state index contributed by atoms with van der Waals surface area (Å²) < 4.78 is 32.5. The minimum absolute atomic E-state index is 0.0910. The summed E-state index contributed by atoms with van der Waals surface area (Å²) in [5.41, 5.74) is 0. The van der Waals surface area contributed by atoms with Gasteiger partial charge in [0, 0.05) is 0 Å². The van der Waals surface area contributed by atoms with Gasteiger partial charge < -0.3 is 5.11 Å². The lowest BCUT2D eigenvalue weighted by atomic mass is 10.0. The third-order valence-electron chi connectivity index (χ3n) is 6.01. The summed E-state index contributed by atoms with van der Waals surface area (Å²) in [6, 6.07) is 0. The van der Waals surface area contributed by atoms with E-state index in [1.54, 1.807) is 0 Å². The average Bonchev–Trinajstić information content (AvgIpc) is 2.67. The molecule has 2 N–H and O–H groups in total. The van der Waals surface area contributed by atoms with Gasteiger partial charge in [-0.05, 0) is 25.7 Å². The van der Waals surface area contributed by atoms with E-state index in [1.807, 2.05) is 0 Å². The third-order valence-corrected chi connectivity index (χ3v) is 7.32. The van der Waals surface area contributed by atoms with Crippen LogP contribution in [0.3, 0.4) is 0 Å². The van der Waals surface area contributed by atoms with Crippen LogP contribution in [0, 0.1) is 0 Å². The molecule has 0 aliphatic heterocycles. The summed E-state index contributed by atoms with van der Waals surface area (Å²) in [6.07, 6.45) is 21.4. The zero-order valence-corrected chi connectivity index (χ0v) is 20.2. The molecule has 0 amide bonds. The third kappa shape index (κ3) is 19.6. The zero-order chi connectivity index (χ0) is 21.8. The lowest BCUT2D eigenvalue weighted by Gasteiger charge is -2.13. The Hall–Kier alpha value is -0.130. The number of aliphatic hydroxyl groups excluding tert-OH is 1. The fraction of sp³-hybridized carbons (Fsp3) is 1.00. The van der Waals surface area contributed by atoms with Crippen molar-refractivity contribution in [2.75, 3.05) is 0 Å². The summed E-state index contributed by atoms with van der Waals surface area (Å²) in [5, 5.41) is 9.26. The van der Waals surface area contributed by atoms with Gasteiger partial charge in [0.1, 0.15) is 0 Å². The predicted molar refractivity (Wildman–Crippen MR) is 125 cm³/mol. The Labute approximate surface area is 182 Å². The van der Waals surface area contributed by atoms with Gasteiger partial charge in [-0.2, -0.15) is 8.42 Å². The second kappa shape index (κ2) is 19.8. The maximum atomic E-state index is 11.5. The Kier molecular flexibility index (Phi) is 19.7. The first-order valence-corrected chi connectivity index (χ1v) is 14.1. The molecule has 0 radical (unpaired) electrons. The van der Waals surface area contributed by atoms with Crippen LogP contribution < -0.4 is 0 Å². The summed E-state index contributed by atoms with van der Waals surface area (Å²) >= 11 is 0. The van der Waals surface area contributed by atoms with Crippen LogP contribution in [0.25, 0.3) is 0 Å². The molecule has 176 valence electrons. The lowest BCUT2D eigenvalue weighted by molar-refractivity contribution is 0.148. The van der Waals surface area contributed by atoms with Crippen LogP contribution in [0.1, 0.15) is 142 Å². The Morgan fingerprint density at radius 3 is 1.31 bits per heavy atom. The van der Waals surface area contributed by atoms with E-state index in [1.165, 1.54) is 38.5 Å². The highest BCUT2D eigenvalue weighted by Gasteiger charge is 2.21. The number of hydrogen-bond acceptors (Lipinski definition) is 3. The van der Waals surface area contributed by atoms with Crippen LogP contribution in [0.4, 0.5) is 0 Å².